The zero-order valence-corrected chi connectivity index (χ0v) is 13.2. The van der Waals surface area contributed by atoms with Gasteiger partial charge in [-0.3, -0.25) is 4.79 Å². The summed E-state index contributed by atoms with van der Waals surface area (Å²) < 4.78 is 7.58. The second-order valence-electron chi connectivity index (χ2n) is 6.93. The van der Waals surface area contributed by atoms with Crippen LogP contribution in [0.3, 0.4) is 0 Å². The fraction of sp³-hybridized carbons (Fsp3) is 0.800. The van der Waals surface area contributed by atoms with Crippen LogP contribution >= 0.6 is 0 Å². The van der Waals surface area contributed by atoms with E-state index in [4.69, 9.17) is 4.74 Å². The lowest BCUT2D eigenvalue weighted by Crippen LogP contribution is -2.33. The van der Waals surface area contributed by atoms with E-state index in [2.05, 4.69) is 19.7 Å². The van der Waals surface area contributed by atoms with Gasteiger partial charge in [0.05, 0.1) is 26.3 Å². The van der Waals surface area contributed by atoms with Crippen LogP contribution in [-0.4, -0.2) is 64.3 Å². The summed E-state index contributed by atoms with van der Waals surface area (Å²) in [5.74, 6) is 3.35. The van der Waals surface area contributed by atoms with Gasteiger partial charge < -0.3 is 19.1 Å². The van der Waals surface area contributed by atoms with Crippen LogP contribution in [0.2, 0.25) is 0 Å². The largest absolute Gasteiger partial charge is 0.381 e. The molecule has 3 heterocycles. The molecule has 0 spiro atoms. The van der Waals surface area contributed by atoms with Crippen molar-refractivity contribution in [2.45, 2.75) is 26.1 Å². The minimum Gasteiger partial charge on any atom is -0.381 e. The number of hydrogen-bond acceptors (Lipinski definition) is 5. The molecular formula is C15H23N5O2. The molecule has 7 nitrogen and oxygen atoms in total. The quantitative estimate of drug-likeness (QED) is 0.784. The molecular weight excluding hydrogens is 282 g/mol. The van der Waals surface area contributed by atoms with Gasteiger partial charge in [-0.25, -0.2) is 0 Å². The van der Waals surface area contributed by atoms with E-state index in [1.165, 1.54) is 0 Å². The van der Waals surface area contributed by atoms with Crippen molar-refractivity contribution in [1.82, 2.24) is 24.6 Å². The number of ether oxygens (including phenoxy) is 1. The molecule has 0 N–H and O–H groups in total. The Morgan fingerprint density at radius 1 is 1.27 bits per heavy atom. The Labute approximate surface area is 130 Å². The third-order valence-corrected chi connectivity index (χ3v) is 5.05. The van der Waals surface area contributed by atoms with Crippen molar-refractivity contribution in [3.05, 3.63) is 11.6 Å². The summed E-state index contributed by atoms with van der Waals surface area (Å²) in [4.78, 5) is 16.8. The van der Waals surface area contributed by atoms with E-state index in [-0.39, 0.29) is 5.92 Å². The molecule has 7 heteroatoms. The molecule has 22 heavy (non-hydrogen) atoms. The third kappa shape index (κ3) is 2.32. The summed E-state index contributed by atoms with van der Waals surface area (Å²) in [7, 11) is 4.06. The normalized spacial score (nSPS) is 30.1. The lowest BCUT2D eigenvalue weighted by molar-refractivity contribution is -0.134. The molecule has 120 valence electrons. The predicted molar refractivity (Wildman–Crippen MR) is 78.7 cm³/mol. The van der Waals surface area contributed by atoms with Crippen LogP contribution in [0.5, 0.6) is 0 Å². The average molecular weight is 305 g/mol. The molecule has 2 fully saturated rings. The van der Waals surface area contributed by atoms with E-state index in [1.54, 1.807) is 0 Å². The highest BCUT2D eigenvalue weighted by Gasteiger charge is 2.58. The van der Waals surface area contributed by atoms with E-state index < -0.39 is 0 Å². The lowest BCUT2D eigenvalue weighted by atomic mass is 10.2. The van der Waals surface area contributed by atoms with Crippen molar-refractivity contribution in [2.24, 2.45) is 17.8 Å². The maximum Gasteiger partial charge on any atom is 0.226 e. The highest BCUT2D eigenvalue weighted by molar-refractivity contribution is 5.82. The molecule has 3 atom stereocenters. The third-order valence-electron chi connectivity index (χ3n) is 5.05. The van der Waals surface area contributed by atoms with Crippen molar-refractivity contribution in [2.75, 3.05) is 33.9 Å². The number of rotatable bonds is 3. The topological polar surface area (TPSA) is 63.5 Å². The Morgan fingerprint density at radius 3 is 2.77 bits per heavy atom. The number of carbonyl (C=O) groups excluding carboxylic acids is 1. The molecule has 0 aromatic carbocycles. The van der Waals surface area contributed by atoms with Crippen molar-refractivity contribution >= 4 is 5.91 Å². The van der Waals surface area contributed by atoms with Gasteiger partial charge in [0.25, 0.3) is 0 Å². The van der Waals surface area contributed by atoms with Crippen LogP contribution in [0.4, 0.5) is 0 Å². The monoisotopic (exact) mass is 305 g/mol. The van der Waals surface area contributed by atoms with Crippen LogP contribution in [0.1, 0.15) is 18.1 Å². The Bertz CT molecular complexity index is 574. The van der Waals surface area contributed by atoms with Gasteiger partial charge in [0.2, 0.25) is 5.91 Å². The maximum atomic E-state index is 12.7. The van der Waals surface area contributed by atoms with E-state index >= 15 is 0 Å². The molecule has 1 aliphatic carbocycles. The van der Waals surface area contributed by atoms with Crippen LogP contribution in [0, 0.1) is 17.8 Å². The molecule has 3 aliphatic rings. The lowest BCUT2D eigenvalue weighted by Gasteiger charge is -2.20. The molecule has 0 bridgehead atoms. The molecule has 1 aromatic rings. The summed E-state index contributed by atoms with van der Waals surface area (Å²) in [5, 5.41) is 8.63. The van der Waals surface area contributed by atoms with E-state index in [1.807, 2.05) is 19.0 Å². The highest BCUT2D eigenvalue weighted by atomic mass is 16.5. The highest BCUT2D eigenvalue weighted by Crippen LogP contribution is 2.51. The number of aromatic nitrogens is 3. The number of fused-ring (bicyclic) bond motifs is 2. The fourth-order valence-corrected chi connectivity index (χ4v) is 3.82. The van der Waals surface area contributed by atoms with Crippen molar-refractivity contribution in [1.29, 1.82) is 0 Å². The summed E-state index contributed by atoms with van der Waals surface area (Å²) >= 11 is 0. The van der Waals surface area contributed by atoms with Crippen LogP contribution < -0.4 is 0 Å². The second-order valence-corrected chi connectivity index (χ2v) is 6.93. The minimum absolute atomic E-state index is 0.199. The van der Waals surface area contributed by atoms with Crippen LogP contribution in [-0.2, 0) is 29.2 Å². The molecule has 1 aromatic heterocycles. The van der Waals surface area contributed by atoms with Crippen molar-refractivity contribution < 1.29 is 9.53 Å². The van der Waals surface area contributed by atoms with Crippen LogP contribution in [0.25, 0.3) is 0 Å². The maximum absolute atomic E-state index is 12.7. The smallest absolute Gasteiger partial charge is 0.226 e. The number of carbonyl (C=O) groups is 1. The second kappa shape index (κ2) is 5.31. The predicted octanol–water partition coefficient (Wildman–Crippen LogP) is -0.0356. The average Bonchev–Trinajstić information content (AvgIpc) is 2.86. The molecule has 1 saturated heterocycles. The zero-order valence-electron chi connectivity index (χ0n) is 13.2. The van der Waals surface area contributed by atoms with E-state index in [0.29, 0.717) is 24.3 Å². The van der Waals surface area contributed by atoms with Gasteiger partial charge in [0.15, 0.2) is 5.82 Å². The number of hydrogen-bond donors (Lipinski definition) is 0. The first-order valence-corrected chi connectivity index (χ1v) is 8.07. The Kier molecular flexibility index (Phi) is 3.41. The summed E-state index contributed by atoms with van der Waals surface area (Å²) in [6.45, 7) is 4.62. The van der Waals surface area contributed by atoms with Gasteiger partial charge in [-0.15, -0.1) is 10.2 Å². The number of amides is 1. The molecule has 1 unspecified atom stereocenters. The standard InChI is InChI=1S/C15H23N5O2/c1-18(2)6-12-16-17-13-7-19(4-3-5-20(12)13)15(21)14-10-8-22-9-11(10)14/h10-11,14H,3-9H2,1-2H3/t10-,11+,14?. The van der Waals surface area contributed by atoms with Gasteiger partial charge >= 0.3 is 0 Å². The van der Waals surface area contributed by atoms with Gasteiger partial charge in [-0.05, 0) is 32.4 Å². The molecule has 1 amide bonds. The summed E-state index contributed by atoms with van der Waals surface area (Å²) in [6, 6.07) is 0. The van der Waals surface area contributed by atoms with Crippen molar-refractivity contribution in [3.63, 3.8) is 0 Å². The molecule has 2 aliphatic heterocycles. The first-order chi connectivity index (χ1) is 10.6. The molecule has 1 saturated carbocycles. The van der Waals surface area contributed by atoms with Gasteiger partial charge in [-0.1, -0.05) is 0 Å². The fourth-order valence-electron chi connectivity index (χ4n) is 3.82. The first-order valence-electron chi connectivity index (χ1n) is 8.07. The molecule has 4 rings (SSSR count). The van der Waals surface area contributed by atoms with Gasteiger partial charge in [0, 0.05) is 19.0 Å². The first kappa shape index (κ1) is 14.1. The van der Waals surface area contributed by atoms with Gasteiger partial charge in [0.1, 0.15) is 5.82 Å². The number of nitrogens with zero attached hydrogens (tertiary/aromatic N) is 5. The zero-order chi connectivity index (χ0) is 15.3. The Hall–Kier alpha value is -1.47. The van der Waals surface area contributed by atoms with Gasteiger partial charge in [-0.2, -0.15) is 0 Å². The van der Waals surface area contributed by atoms with E-state index in [9.17, 15) is 4.79 Å². The van der Waals surface area contributed by atoms with Crippen molar-refractivity contribution in [3.8, 4) is 0 Å². The summed E-state index contributed by atoms with van der Waals surface area (Å²) in [5.41, 5.74) is 0. The minimum atomic E-state index is 0.199. The van der Waals surface area contributed by atoms with E-state index in [0.717, 1.165) is 50.9 Å². The molecule has 0 radical (unpaired) electrons. The van der Waals surface area contributed by atoms with Crippen LogP contribution in [0.15, 0.2) is 0 Å². The SMILES string of the molecule is CN(C)Cc1nnc2n1CCCN(C(=O)C1[C@H]3COC[C@@H]13)C2. The Balaban J connectivity index is 1.48. The summed E-state index contributed by atoms with van der Waals surface area (Å²) in [6.07, 6.45) is 0.968. The Morgan fingerprint density at radius 2 is 2.05 bits per heavy atom.